The Hall–Kier alpha value is -2.70. The molecule has 0 aliphatic carbocycles. The largest absolute Gasteiger partial charge is 0.443 e. The number of anilines is 1. The number of nitrogens with one attached hydrogen (secondary N) is 1. The number of amides is 1. The Balaban J connectivity index is 1.68. The molecule has 2 aromatic rings. The topological polar surface area (TPSA) is 140 Å². The van der Waals surface area contributed by atoms with Gasteiger partial charge in [-0.2, -0.15) is 4.31 Å². The Bertz CT molecular complexity index is 1620. The van der Waals surface area contributed by atoms with E-state index in [0.717, 1.165) is 12.1 Å². The zero-order chi connectivity index (χ0) is 37.7. The smallest absolute Gasteiger partial charge is 0.407 e. The molecule has 4 N–H and O–H groups in total. The number of ether oxygens (including phenoxy) is 3. The Kier molecular flexibility index (Phi) is 5.37. The summed E-state index contributed by atoms with van der Waals surface area (Å²) in [5.41, 5.74) is 6.34. The Morgan fingerprint density at radius 2 is 2.00 bits per heavy atom. The minimum absolute atomic E-state index is 0.168. The van der Waals surface area contributed by atoms with E-state index in [1.165, 1.54) is 12.1 Å². The predicted octanol–water partition coefficient (Wildman–Crippen LogP) is 2.38. The van der Waals surface area contributed by atoms with E-state index < -0.39 is 104 Å². The first kappa shape index (κ1) is 16.4. The number of carbonyl (C=O) groups is 1. The number of carbonyl (C=O) groups excluding carboxylic acids is 1. The maximum atomic E-state index is 13.9. The van der Waals surface area contributed by atoms with Crippen LogP contribution in [0.25, 0.3) is 0 Å². The Morgan fingerprint density at radius 3 is 2.71 bits per heavy atom. The van der Waals surface area contributed by atoms with Crippen LogP contribution in [-0.4, -0.2) is 74.6 Å². The molecule has 10 nitrogen and oxygen atoms in total. The molecule has 1 amide bonds. The molecule has 0 unspecified atom stereocenters. The first-order valence-electron chi connectivity index (χ1n) is 17.7. The quantitative estimate of drug-likeness (QED) is 0.357. The van der Waals surface area contributed by atoms with Crippen molar-refractivity contribution in [3.05, 3.63) is 60.2 Å². The summed E-state index contributed by atoms with van der Waals surface area (Å²) in [5, 5.41) is 13.9. The van der Waals surface area contributed by atoms with E-state index in [1.54, 1.807) is 30.3 Å². The van der Waals surface area contributed by atoms with Gasteiger partial charge in [-0.1, -0.05) is 44.0 Å². The van der Waals surface area contributed by atoms with Gasteiger partial charge in [0.2, 0.25) is 10.0 Å². The van der Waals surface area contributed by atoms with E-state index in [-0.39, 0.29) is 12.1 Å². The fraction of sp³-hybridized carbons (Fsp3) is 0.519. The zero-order valence-electron chi connectivity index (χ0n) is 32.2. The number of nitrogens with two attached hydrogens (primary N) is 1. The van der Waals surface area contributed by atoms with Crippen molar-refractivity contribution in [1.29, 1.82) is 0 Å². The number of alkyl carbamates (subject to hydrolysis) is 1. The Morgan fingerprint density at radius 1 is 1.26 bits per heavy atom. The molecule has 0 saturated carbocycles. The lowest BCUT2D eigenvalue weighted by Crippen LogP contribution is -2.51. The summed E-state index contributed by atoms with van der Waals surface area (Å²) in [7, 11) is -4.85. The number of aliphatic hydroxyl groups is 1. The van der Waals surface area contributed by atoms with E-state index in [9.17, 15) is 18.3 Å². The van der Waals surface area contributed by atoms with E-state index in [1.807, 2.05) is 0 Å². The van der Waals surface area contributed by atoms with E-state index in [2.05, 4.69) is 5.32 Å². The number of fused-ring (bicyclic) bond motifs is 1. The first-order chi connectivity index (χ1) is 22.7. The van der Waals surface area contributed by atoms with Gasteiger partial charge in [0.1, 0.15) is 6.10 Å². The molecule has 38 heavy (non-hydrogen) atoms. The first-order valence-corrected chi connectivity index (χ1v) is 13.1. The van der Waals surface area contributed by atoms with E-state index >= 15 is 0 Å². The highest BCUT2D eigenvalue weighted by Gasteiger charge is 2.44. The van der Waals surface area contributed by atoms with Gasteiger partial charge in [0.05, 0.1) is 42.9 Å². The van der Waals surface area contributed by atoms with Crippen LogP contribution >= 0.6 is 0 Å². The molecule has 2 aliphatic heterocycles. The van der Waals surface area contributed by atoms with Crippen LogP contribution in [0.3, 0.4) is 0 Å². The van der Waals surface area contributed by atoms with Crippen LogP contribution in [0.1, 0.15) is 42.1 Å². The van der Waals surface area contributed by atoms with Gasteiger partial charge >= 0.3 is 6.09 Å². The predicted molar refractivity (Wildman–Crippen MR) is 142 cm³/mol. The summed E-state index contributed by atoms with van der Waals surface area (Å²) >= 11 is 0. The second-order valence-corrected chi connectivity index (χ2v) is 10.7. The molecule has 0 spiro atoms. The van der Waals surface area contributed by atoms with Crippen LogP contribution in [0, 0.1) is 11.8 Å². The molecule has 2 heterocycles. The van der Waals surface area contributed by atoms with Crippen LogP contribution < -0.4 is 11.1 Å². The number of nitrogens with zero attached hydrogens (tertiary/aromatic N) is 1. The van der Waals surface area contributed by atoms with Crippen LogP contribution in [-0.2, 0) is 30.7 Å². The average Bonchev–Trinajstić information content (AvgIpc) is 3.30. The fourth-order valence-corrected chi connectivity index (χ4v) is 5.42. The number of sulfonamides is 1. The van der Waals surface area contributed by atoms with Gasteiger partial charge in [-0.3, -0.25) is 0 Å². The van der Waals surface area contributed by atoms with Gasteiger partial charge in [-0.15, -0.1) is 0 Å². The zero-order valence-corrected chi connectivity index (χ0v) is 21.0. The number of hydrogen-bond donors (Lipinski definition) is 3. The van der Waals surface area contributed by atoms with Gasteiger partial charge in [0, 0.05) is 28.4 Å². The lowest BCUT2D eigenvalue weighted by molar-refractivity contribution is -0.0907. The van der Waals surface area contributed by atoms with Crippen molar-refractivity contribution in [3.63, 3.8) is 0 Å². The molecule has 2 fully saturated rings. The normalized spacial score (nSPS) is 33.0. The van der Waals surface area contributed by atoms with Crippen LogP contribution in [0.4, 0.5) is 10.5 Å². The number of rotatable bonds is 11. The maximum Gasteiger partial charge on any atom is 0.407 e. The number of aliphatic hydroxyl groups excluding tert-OH is 1. The molecule has 0 radical (unpaired) electrons. The van der Waals surface area contributed by atoms with Crippen LogP contribution in [0.5, 0.6) is 0 Å². The molecular weight excluding hydrogens is 510 g/mol. The third-order valence-corrected chi connectivity index (χ3v) is 7.79. The number of hydrogen-bond acceptors (Lipinski definition) is 8. The number of nitrogen functional groups attached to an aromatic ring is 1. The van der Waals surface area contributed by atoms with E-state index in [0.29, 0.717) is 9.87 Å². The molecule has 11 heteroatoms. The van der Waals surface area contributed by atoms with Crippen molar-refractivity contribution in [3.8, 4) is 0 Å². The molecule has 5 atom stereocenters. The minimum Gasteiger partial charge on any atom is -0.443 e. The highest BCUT2D eigenvalue weighted by molar-refractivity contribution is 7.89. The molecule has 208 valence electrons. The van der Waals surface area contributed by atoms with Gasteiger partial charge in [-0.05, 0) is 48.6 Å². The van der Waals surface area contributed by atoms with Crippen molar-refractivity contribution < 1.29 is 49.0 Å². The summed E-state index contributed by atoms with van der Waals surface area (Å²) in [5.74, 6) is -4.80. The van der Waals surface area contributed by atoms with Gasteiger partial charge in [0.25, 0.3) is 0 Å². The van der Waals surface area contributed by atoms with Crippen LogP contribution in [0.15, 0.2) is 59.5 Å². The molecule has 4 rings (SSSR count). The van der Waals surface area contributed by atoms with Crippen molar-refractivity contribution in [1.82, 2.24) is 9.62 Å². The van der Waals surface area contributed by atoms with Gasteiger partial charge in [0.15, 0.2) is 6.27 Å². The Labute approximate surface area is 241 Å². The summed E-state index contributed by atoms with van der Waals surface area (Å²) < 4.78 is 139. The monoisotopic (exact) mass is 559 g/mol. The molecule has 0 aromatic heterocycles. The molecule has 2 saturated heterocycles. The maximum absolute atomic E-state index is 13.9. The average molecular weight is 560 g/mol. The second kappa shape index (κ2) is 12.4. The lowest BCUT2D eigenvalue weighted by atomic mass is 10.0. The van der Waals surface area contributed by atoms with Crippen molar-refractivity contribution in [2.24, 2.45) is 11.8 Å². The summed E-state index contributed by atoms with van der Waals surface area (Å²) in [6.45, 7) is -14.8. The van der Waals surface area contributed by atoms with Gasteiger partial charge < -0.3 is 30.4 Å². The molecule has 2 aromatic carbocycles. The second-order valence-electron chi connectivity index (χ2n) is 8.77. The summed E-state index contributed by atoms with van der Waals surface area (Å²) in [4.78, 5) is 12.8. The third-order valence-electron chi connectivity index (χ3n) is 5.96. The fourth-order valence-electron chi connectivity index (χ4n) is 3.99. The number of benzene rings is 2. The third kappa shape index (κ3) is 7.03. The molecule has 0 bridgehead atoms. The minimum atomic E-state index is -4.85. The van der Waals surface area contributed by atoms with Crippen molar-refractivity contribution in [2.45, 2.75) is 56.0 Å². The summed E-state index contributed by atoms with van der Waals surface area (Å²) in [6, 6.07) is 11.2. The highest BCUT2D eigenvalue weighted by atomic mass is 32.2. The van der Waals surface area contributed by atoms with Crippen molar-refractivity contribution in [2.75, 3.05) is 31.9 Å². The SMILES string of the molecule is [2H]C1([2H])C[C@H]2[C@@H](OC(=O)N[C@@H](Cc3ccccc3)[C@H](O)CN(CC([2H])(C([2H])([2H])[2H])C([2H])([2H])[2H])S(=O)(=O)c3ccc(N)cc3)C([2H])([2H])O[C@@]2([2H])O1. The molecule has 2 aliphatic rings. The van der Waals surface area contributed by atoms with Crippen LogP contribution in [0.2, 0.25) is 0 Å². The van der Waals surface area contributed by atoms with Crippen molar-refractivity contribution >= 4 is 21.8 Å². The highest BCUT2D eigenvalue weighted by Crippen LogP contribution is 2.33. The van der Waals surface area contributed by atoms with Gasteiger partial charge in [-0.25, -0.2) is 13.2 Å². The van der Waals surface area contributed by atoms with E-state index in [4.69, 9.17) is 36.4 Å². The standard InChI is InChI=1S/C27H37N3O7S/c1-18(2)15-30(38(33,34)21-10-8-20(28)9-11-21)16-24(31)23(14-19-6-4-3-5-7-19)29-27(32)37-25-17-36-26-22(25)12-13-35-26/h3-11,18,22-26,31H,12-17,28H2,1-2H3,(H,29,32)/t22-,23-,24+,25-,26+/m0/s1/i1D3,2D3,13D2,17D2,18D,26D. The molecular formula is C27H37N3O7S. The lowest BCUT2D eigenvalue weighted by Gasteiger charge is -2.31. The summed E-state index contributed by atoms with van der Waals surface area (Å²) in [6.07, 6.45) is -8.50.